The van der Waals surface area contributed by atoms with E-state index in [1.54, 1.807) is 59.4 Å². The van der Waals surface area contributed by atoms with Gasteiger partial charge in [-0.05, 0) is 50.2 Å². The summed E-state index contributed by atoms with van der Waals surface area (Å²) >= 11 is 18.6. The molecule has 2 aromatic carbocycles. The summed E-state index contributed by atoms with van der Waals surface area (Å²) < 4.78 is 8.94. The first-order chi connectivity index (χ1) is 15.8. The van der Waals surface area contributed by atoms with Crippen molar-refractivity contribution in [1.82, 2.24) is 19.6 Å². The third-order valence-corrected chi connectivity index (χ3v) is 5.97. The number of aryl methyl sites for hydroxylation is 1. The van der Waals surface area contributed by atoms with E-state index in [1.165, 1.54) is 4.68 Å². The van der Waals surface area contributed by atoms with Crippen LogP contribution in [0.5, 0.6) is 5.75 Å². The van der Waals surface area contributed by atoms with E-state index in [0.29, 0.717) is 38.7 Å². The van der Waals surface area contributed by atoms with Crippen LogP contribution in [0.4, 0.5) is 5.69 Å². The van der Waals surface area contributed by atoms with Crippen LogP contribution in [0.2, 0.25) is 15.1 Å². The van der Waals surface area contributed by atoms with Crippen molar-refractivity contribution in [2.24, 2.45) is 0 Å². The number of hydrogen-bond donors (Lipinski definition) is 1. The highest BCUT2D eigenvalue weighted by Crippen LogP contribution is 2.27. The second-order valence-corrected chi connectivity index (χ2v) is 8.58. The van der Waals surface area contributed by atoms with Crippen molar-refractivity contribution in [3.63, 3.8) is 0 Å². The monoisotopic (exact) mass is 503 g/mol. The maximum Gasteiger partial charge on any atom is 0.276 e. The van der Waals surface area contributed by atoms with E-state index in [0.717, 1.165) is 11.3 Å². The van der Waals surface area contributed by atoms with Gasteiger partial charge in [0.15, 0.2) is 12.4 Å². The molecule has 33 heavy (non-hydrogen) atoms. The Balaban J connectivity index is 1.45. The van der Waals surface area contributed by atoms with Crippen LogP contribution in [0.1, 0.15) is 27.4 Å². The summed E-state index contributed by atoms with van der Waals surface area (Å²) in [4.78, 5) is 12.8. The highest BCUT2D eigenvalue weighted by molar-refractivity contribution is 6.36. The summed E-state index contributed by atoms with van der Waals surface area (Å²) in [6.45, 7) is 4.22. The molecular weight excluding hydrogens is 485 g/mol. The van der Waals surface area contributed by atoms with Gasteiger partial charge in [-0.25, -0.2) is 4.68 Å². The Hall–Kier alpha value is -3.00. The summed E-state index contributed by atoms with van der Waals surface area (Å²) in [5.41, 5.74) is 3.09. The molecule has 0 spiro atoms. The SMILES string of the molecule is Cc1nn(Cc2c(Cl)cccc2Cl)c(C)c1NC(=O)c1ccn(COc2cccc(Cl)c2)n1. The van der Waals surface area contributed by atoms with E-state index < -0.39 is 0 Å². The van der Waals surface area contributed by atoms with Gasteiger partial charge in [0.1, 0.15) is 5.75 Å². The average Bonchev–Trinajstić information content (AvgIpc) is 3.35. The van der Waals surface area contributed by atoms with E-state index in [1.807, 2.05) is 13.8 Å². The maximum absolute atomic E-state index is 12.8. The van der Waals surface area contributed by atoms with Gasteiger partial charge in [-0.15, -0.1) is 0 Å². The van der Waals surface area contributed by atoms with E-state index in [2.05, 4.69) is 15.5 Å². The molecule has 0 radical (unpaired) electrons. The van der Waals surface area contributed by atoms with Crippen molar-refractivity contribution in [3.8, 4) is 5.75 Å². The number of carbonyl (C=O) groups is 1. The molecule has 2 heterocycles. The number of carbonyl (C=O) groups excluding carboxylic acids is 1. The minimum Gasteiger partial charge on any atom is -0.471 e. The summed E-state index contributed by atoms with van der Waals surface area (Å²) in [6.07, 6.45) is 1.67. The molecule has 0 fully saturated rings. The van der Waals surface area contributed by atoms with Gasteiger partial charge in [0.05, 0.1) is 23.6 Å². The van der Waals surface area contributed by atoms with Crippen molar-refractivity contribution in [2.75, 3.05) is 5.32 Å². The van der Waals surface area contributed by atoms with Gasteiger partial charge >= 0.3 is 0 Å². The Morgan fingerprint density at radius 2 is 1.76 bits per heavy atom. The predicted octanol–water partition coefficient (Wildman–Crippen LogP) is 5.99. The molecule has 0 aliphatic carbocycles. The quantitative estimate of drug-likeness (QED) is 0.335. The van der Waals surface area contributed by atoms with Crippen LogP contribution < -0.4 is 10.1 Å². The first-order valence-electron chi connectivity index (χ1n) is 10.0. The first-order valence-corrected chi connectivity index (χ1v) is 11.2. The second kappa shape index (κ2) is 9.87. The lowest BCUT2D eigenvalue weighted by Gasteiger charge is -2.09. The zero-order valence-corrected chi connectivity index (χ0v) is 20.1. The average molecular weight is 505 g/mol. The maximum atomic E-state index is 12.8. The molecule has 2 aromatic heterocycles. The molecule has 0 aliphatic heterocycles. The van der Waals surface area contributed by atoms with Crippen LogP contribution in [0.25, 0.3) is 0 Å². The van der Waals surface area contributed by atoms with Gasteiger partial charge in [0.25, 0.3) is 5.91 Å². The molecule has 4 aromatic rings. The minimum atomic E-state index is -0.349. The first kappa shape index (κ1) is 23.2. The number of anilines is 1. The molecule has 0 saturated heterocycles. The molecule has 0 saturated carbocycles. The zero-order valence-electron chi connectivity index (χ0n) is 17.8. The Bertz CT molecular complexity index is 1300. The number of rotatable bonds is 7. The largest absolute Gasteiger partial charge is 0.471 e. The van der Waals surface area contributed by atoms with Crippen LogP contribution in [-0.2, 0) is 13.3 Å². The number of ether oxygens (including phenoxy) is 1. The van der Waals surface area contributed by atoms with Gasteiger partial charge in [-0.3, -0.25) is 9.48 Å². The van der Waals surface area contributed by atoms with Crippen LogP contribution in [0.15, 0.2) is 54.7 Å². The lowest BCUT2D eigenvalue weighted by molar-refractivity contribution is 0.102. The van der Waals surface area contributed by atoms with Crippen molar-refractivity contribution in [3.05, 3.63) is 92.4 Å². The molecule has 10 heteroatoms. The van der Waals surface area contributed by atoms with Gasteiger partial charge in [0, 0.05) is 26.8 Å². The molecule has 1 N–H and O–H groups in total. The number of aromatic nitrogens is 4. The Labute approximate surface area is 205 Å². The second-order valence-electron chi connectivity index (χ2n) is 7.33. The Morgan fingerprint density at radius 3 is 2.48 bits per heavy atom. The van der Waals surface area contributed by atoms with Crippen molar-refractivity contribution in [2.45, 2.75) is 27.1 Å². The number of nitrogens with zero attached hydrogens (tertiary/aromatic N) is 4. The van der Waals surface area contributed by atoms with E-state index in [-0.39, 0.29) is 18.3 Å². The molecule has 4 rings (SSSR count). The summed E-state index contributed by atoms with van der Waals surface area (Å²) in [5, 5.41) is 13.4. The third-order valence-electron chi connectivity index (χ3n) is 5.02. The molecule has 0 aliphatic rings. The van der Waals surface area contributed by atoms with E-state index in [4.69, 9.17) is 39.5 Å². The van der Waals surface area contributed by atoms with Gasteiger partial charge < -0.3 is 10.1 Å². The molecule has 1 amide bonds. The van der Waals surface area contributed by atoms with E-state index in [9.17, 15) is 4.79 Å². The van der Waals surface area contributed by atoms with Gasteiger partial charge in [0.2, 0.25) is 0 Å². The molecule has 7 nitrogen and oxygen atoms in total. The predicted molar refractivity (Wildman–Crippen MR) is 130 cm³/mol. The highest BCUT2D eigenvalue weighted by Gasteiger charge is 2.18. The number of nitrogens with one attached hydrogen (secondary N) is 1. The lowest BCUT2D eigenvalue weighted by atomic mass is 10.2. The molecule has 0 bridgehead atoms. The van der Waals surface area contributed by atoms with Crippen LogP contribution >= 0.6 is 34.8 Å². The smallest absolute Gasteiger partial charge is 0.276 e. The fourth-order valence-electron chi connectivity index (χ4n) is 3.29. The normalized spacial score (nSPS) is 10.9. The molecule has 0 atom stereocenters. The Morgan fingerprint density at radius 1 is 1.03 bits per heavy atom. The molecular formula is C23H20Cl3N5O2. The molecule has 0 unspecified atom stereocenters. The van der Waals surface area contributed by atoms with Crippen molar-refractivity contribution in [1.29, 1.82) is 0 Å². The lowest BCUT2D eigenvalue weighted by Crippen LogP contribution is -2.15. The third kappa shape index (κ3) is 5.33. The summed E-state index contributed by atoms with van der Waals surface area (Å²) in [6, 6.07) is 14.0. The fourth-order valence-corrected chi connectivity index (χ4v) is 3.99. The number of benzene rings is 2. The van der Waals surface area contributed by atoms with Gasteiger partial charge in [-0.1, -0.05) is 46.9 Å². The van der Waals surface area contributed by atoms with Gasteiger partial charge in [-0.2, -0.15) is 10.2 Å². The minimum absolute atomic E-state index is 0.141. The zero-order chi connectivity index (χ0) is 23.5. The van der Waals surface area contributed by atoms with Crippen molar-refractivity contribution < 1.29 is 9.53 Å². The highest BCUT2D eigenvalue weighted by atomic mass is 35.5. The van der Waals surface area contributed by atoms with Crippen LogP contribution in [-0.4, -0.2) is 25.5 Å². The molecule has 170 valence electrons. The van der Waals surface area contributed by atoms with Crippen LogP contribution in [0, 0.1) is 13.8 Å². The summed E-state index contributed by atoms with van der Waals surface area (Å²) in [5.74, 6) is 0.263. The van der Waals surface area contributed by atoms with E-state index >= 15 is 0 Å². The standard InChI is InChI=1S/C23H20Cl3N5O2/c1-14-22(15(2)31(28-14)12-18-19(25)7-4-8-20(18)26)27-23(32)21-9-10-30(29-21)13-33-17-6-3-5-16(24)11-17/h3-11H,12-13H2,1-2H3,(H,27,32). The number of halogens is 3. The number of amides is 1. The summed E-state index contributed by atoms with van der Waals surface area (Å²) in [7, 11) is 0. The fraction of sp³-hybridized carbons (Fsp3) is 0.174. The number of hydrogen-bond acceptors (Lipinski definition) is 4. The Kier molecular flexibility index (Phi) is 6.93. The van der Waals surface area contributed by atoms with Crippen molar-refractivity contribution >= 4 is 46.4 Å². The topological polar surface area (TPSA) is 74.0 Å². The van der Waals surface area contributed by atoms with Crippen LogP contribution in [0.3, 0.4) is 0 Å².